The third-order valence-electron chi connectivity index (χ3n) is 7.67. The van der Waals surface area contributed by atoms with Crippen molar-refractivity contribution in [2.45, 2.75) is 59.5 Å². The van der Waals surface area contributed by atoms with E-state index in [1.807, 2.05) is 19.9 Å². The van der Waals surface area contributed by atoms with Crippen LogP contribution in [0.3, 0.4) is 0 Å². The number of aliphatic hydroxyl groups is 1. The number of aromatic hydroxyl groups is 2. The second kappa shape index (κ2) is 9.37. The Morgan fingerprint density at radius 2 is 1.91 bits per heavy atom. The smallest absolute Gasteiger partial charge is 0.337 e. The van der Waals surface area contributed by atoms with E-state index >= 15 is 0 Å². The predicted molar refractivity (Wildman–Crippen MR) is 125 cm³/mol. The molecule has 3 rings (SSSR count). The molecule has 0 radical (unpaired) electrons. The van der Waals surface area contributed by atoms with Crippen LogP contribution < -0.4 is 0 Å². The number of aromatic amines is 1. The Morgan fingerprint density at radius 3 is 2.52 bits per heavy atom. The lowest BCUT2D eigenvalue weighted by molar-refractivity contribution is -0.160. The summed E-state index contributed by atoms with van der Waals surface area (Å²) in [4.78, 5) is 28.5. The second-order valence-electron chi connectivity index (χ2n) is 10.2. The van der Waals surface area contributed by atoms with Crippen LogP contribution in [0.25, 0.3) is 0 Å². The van der Waals surface area contributed by atoms with Gasteiger partial charge in [-0.1, -0.05) is 37.6 Å². The quantitative estimate of drug-likeness (QED) is 0.288. The highest BCUT2D eigenvalue weighted by Crippen LogP contribution is 2.51. The first kappa shape index (κ1) is 25.1. The van der Waals surface area contributed by atoms with E-state index in [9.17, 15) is 24.9 Å². The highest BCUT2D eigenvalue weighted by Gasteiger charge is 2.48. The summed E-state index contributed by atoms with van der Waals surface area (Å²) in [7, 11) is 1.15. The maximum Gasteiger partial charge on any atom is 0.337 e. The van der Waals surface area contributed by atoms with Crippen molar-refractivity contribution in [1.29, 1.82) is 0 Å². The number of nitrogens with one attached hydrogen (secondary N) is 1. The largest absolute Gasteiger partial charge is 0.505 e. The lowest BCUT2D eigenvalue weighted by Crippen LogP contribution is -2.44. The molecule has 1 saturated carbocycles. The molecule has 0 bridgehead atoms. The van der Waals surface area contributed by atoms with E-state index in [0.29, 0.717) is 11.8 Å². The number of hydrogen-bond acceptors (Lipinski definition) is 6. The molecule has 0 aromatic carbocycles. The summed E-state index contributed by atoms with van der Waals surface area (Å²) in [5.74, 6) is -1.40. The molecule has 1 fully saturated rings. The fourth-order valence-corrected chi connectivity index (χ4v) is 6.04. The van der Waals surface area contributed by atoms with Gasteiger partial charge in [0.15, 0.2) is 17.1 Å². The minimum Gasteiger partial charge on any atom is -0.505 e. The van der Waals surface area contributed by atoms with Gasteiger partial charge in [0.05, 0.1) is 12.8 Å². The third kappa shape index (κ3) is 4.60. The van der Waals surface area contributed by atoms with Crippen LogP contribution in [0.1, 0.15) is 63.5 Å². The Bertz CT molecular complexity index is 972. The van der Waals surface area contributed by atoms with E-state index in [1.165, 1.54) is 6.92 Å². The average molecular weight is 460 g/mol. The van der Waals surface area contributed by atoms with Crippen molar-refractivity contribution >= 4 is 11.8 Å². The fourth-order valence-electron chi connectivity index (χ4n) is 6.04. The van der Waals surface area contributed by atoms with Crippen molar-refractivity contribution in [2.24, 2.45) is 35.5 Å². The number of rotatable bonds is 6. The van der Waals surface area contributed by atoms with Crippen LogP contribution in [0.4, 0.5) is 0 Å². The number of fused-ring (bicyclic) bond motifs is 1. The number of Topliss-reactive ketones (excluding diaryl/α,β-unsaturated/α-hetero) is 1. The van der Waals surface area contributed by atoms with Gasteiger partial charge in [0.25, 0.3) is 0 Å². The van der Waals surface area contributed by atoms with Crippen LogP contribution in [0.5, 0.6) is 11.6 Å². The summed E-state index contributed by atoms with van der Waals surface area (Å²) in [5.41, 5.74) is -1.03. The summed E-state index contributed by atoms with van der Waals surface area (Å²) in [6.45, 7) is 9.63. The van der Waals surface area contributed by atoms with Gasteiger partial charge in [0.2, 0.25) is 5.88 Å². The number of carbonyl (C=O) groups excluding carboxylic acids is 2. The Morgan fingerprint density at radius 1 is 1.24 bits per heavy atom. The molecule has 182 valence electrons. The molecule has 0 saturated heterocycles. The molecule has 0 spiro atoms. The maximum atomic E-state index is 14.0. The molecule has 4 N–H and O–H groups in total. The van der Waals surface area contributed by atoms with Gasteiger partial charge in [-0.15, -0.1) is 0 Å². The summed E-state index contributed by atoms with van der Waals surface area (Å²) in [6.07, 6.45) is 8.05. The van der Waals surface area contributed by atoms with Gasteiger partial charge in [-0.2, -0.15) is 0 Å². The standard InChI is InChI=1S/C26H37NO6/c1-7-14(3)17-9-8-16-11-13(2)10-15(4)19(16)20(17)23(29)21-22(28)18(27-24(21)30)12-26(5,32)25(31)33-6/h7-9,13,15-17,19-20,27-28,30,32H,10-12H2,1-6H3/t13-,15+,16-,17+,19-,20-,26-/m1/s1. The Labute approximate surface area is 195 Å². The molecule has 7 nitrogen and oxygen atoms in total. The molecule has 7 heteroatoms. The van der Waals surface area contributed by atoms with Gasteiger partial charge >= 0.3 is 5.97 Å². The van der Waals surface area contributed by atoms with E-state index in [-0.39, 0.29) is 41.2 Å². The number of ketones is 1. The Balaban J connectivity index is 2.04. The fraction of sp³-hybridized carbons (Fsp3) is 0.615. The van der Waals surface area contributed by atoms with Gasteiger partial charge < -0.3 is 25.0 Å². The lowest BCUT2D eigenvalue weighted by atomic mass is 9.56. The van der Waals surface area contributed by atoms with Crippen LogP contribution in [0.2, 0.25) is 0 Å². The van der Waals surface area contributed by atoms with Crippen LogP contribution in [0.15, 0.2) is 23.8 Å². The summed E-state index contributed by atoms with van der Waals surface area (Å²) < 4.78 is 4.61. The number of methoxy groups -OCH3 is 1. The summed E-state index contributed by atoms with van der Waals surface area (Å²) in [6, 6.07) is 0. The molecule has 2 aliphatic carbocycles. The third-order valence-corrected chi connectivity index (χ3v) is 7.67. The van der Waals surface area contributed by atoms with Crippen LogP contribution >= 0.6 is 0 Å². The van der Waals surface area contributed by atoms with Crippen LogP contribution in [0, 0.1) is 35.5 Å². The van der Waals surface area contributed by atoms with Crippen molar-refractivity contribution < 1.29 is 29.6 Å². The number of carbonyl (C=O) groups is 2. The predicted octanol–water partition coefficient (Wildman–Crippen LogP) is 4.14. The van der Waals surface area contributed by atoms with E-state index in [1.54, 1.807) is 0 Å². The lowest BCUT2D eigenvalue weighted by Gasteiger charge is -2.47. The first-order valence-corrected chi connectivity index (χ1v) is 11.7. The first-order chi connectivity index (χ1) is 15.4. The molecule has 1 aromatic heterocycles. The highest BCUT2D eigenvalue weighted by atomic mass is 16.5. The number of hydrogen-bond donors (Lipinski definition) is 4. The van der Waals surface area contributed by atoms with Crippen LogP contribution in [-0.4, -0.2) is 44.8 Å². The zero-order valence-corrected chi connectivity index (χ0v) is 20.4. The minimum absolute atomic E-state index is 0.0128. The normalized spacial score (nSPS) is 31.5. The number of esters is 1. The monoisotopic (exact) mass is 459 g/mol. The molecule has 0 unspecified atom stereocenters. The van der Waals surface area contributed by atoms with Gasteiger partial charge in [0.1, 0.15) is 5.56 Å². The number of ether oxygens (including phenoxy) is 1. The topological polar surface area (TPSA) is 120 Å². The molecule has 1 heterocycles. The number of H-pyrrole nitrogens is 1. The zero-order valence-electron chi connectivity index (χ0n) is 20.4. The summed E-state index contributed by atoms with van der Waals surface area (Å²) in [5, 5.41) is 32.0. The Kier molecular flexibility index (Phi) is 7.13. The average Bonchev–Trinajstić information content (AvgIpc) is 3.03. The Hall–Kier alpha value is -2.54. The number of aromatic nitrogens is 1. The van der Waals surface area contributed by atoms with E-state index in [0.717, 1.165) is 25.5 Å². The molecular weight excluding hydrogens is 422 g/mol. The van der Waals surface area contributed by atoms with Gasteiger partial charge in [-0.3, -0.25) is 4.79 Å². The molecule has 0 aliphatic heterocycles. The van der Waals surface area contributed by atoms with Crippen molar-refractivity contribution in [3.8, 4) is 11.6 Å². The van der Waals surface area contributed by atoms with E-state index < -0.39 is 29.1 Å². The molecule has 2 aliphatic rings. The van der Waals surface area contributed by atoms with E-state index in [2.05, 4.69) is 35.7 Å². The minimum atomic E-state index is -1.93. The van der Waals surface area contributed by atoms with Gasteiger partial charge in [-0.25, -0.2) is 4.79 Å². The van der Waals surface area contributed by atoms with E-state index in [4.69, 9.17) is 0 Å². The SMILES string of the molecule is CC=C(C)[C@@H]1C=C[C@@H]2C[C@H](C)C[C@H](C)[C@H]2[C@@H]1C(=O)c1c(O)[nH]c(C[C@@](C)(O)C(=O)OC)c1O. The van der Waals surface area contributed by atoms with Crippen LogP contribution in [-0.2, 0) is 16.0 Å². The highest BCUT2D eigenvalue weighted by molar-refractivity contribution is 6.03. The van der Waals surface area contributed by atoms with Crippen molar-refractivity contribution in [1.82, 2.24) is 4.98 Å². The second-order valence-corrected chi connectivity index (χ2v) is 10.2. The zero-order chi connectivity index (χ0) is 24.7. The van der Waals surface area contributed by atoms with Crippen molar-refractivity contribution in [3.05, 3.63) is 35.1 Å². The van der Waals surface area contributed by atoms with Gasteiger partial charge in [0, 0.05) is 18.3 Å². The molecule has 7 atom stereocenters. The van der Waals surface area contributed by atoms with Crippen molar-refractivity contribution in [2.75, 3.05) is 7.11 Å². The molecular formula is C26H37NO6. The maximum absolute atomic E-state index is 14.0. The first-order valence-electron chi connectivity index (χ1n) is 11.7. The summed E-state index contributed by atoms with van der Waals surface area (Å²) >= 11 is 0. The van der Waals surface area contributed by atoms with Gasteiger partial charge in [-0.05, 0) is 57.3 Å². The molecule has 0 amide bonds. The number of allylic oxidation sites excluding steroid dienone is 4. The molecule has 33 heavy (non-hydrogen) atoms. The van der Waals surface area contributed by atoms with Crippen molar-refractivity contribution in [3.63, 3.8) is 0 Å². The molecule has 1 aromatic rings.